The second-order valence-electron chi connectivity index (χ2n) is 11.5. The van der Waals surface area contributed by atoms with E-state index in [1.54, 1.807) is 0 Å². The first-order valence-corrected chi connectivity index (χ1v) is 15.1. The third-order valence-electron chi connectivity index (χ3n) is 8.45. The number of hydrogen-bond acceptors (Lipinski definition) is 9. The van der Waals surface area contributed by atoms with Crippen molar-refractivity contribution in [2.24, 2.45) is 5.92 Å². The van der Waals surface area contributed by atoms with Gasteiger partial charge < -0.3 is 34.8 Å². The number of carbonyl (C=O) groups excluding carboxylic acids is 2. The number of carbonyl (C=O) groups is 2. The van der Waals surface area contributed by atoms with Crippen molar-refractivity contribution >= 4 is 11.6 Å². The van der Waals surface area contributed by atoms with E-state index >= 15 is 0 Å². The zero-order chi connectivity index (χ0) is 28.9. The second kappa shape index (κ2) is 17.5. The molecule has 2 rings (SSSR count). The standard InChI is InChI=1S/C30H53NO8/c1-20(25(33)24-21(2)31(4)22(3)26(24)34)17-15-13-11-9-7-5-6-8-10-12-14-16-18-38-30-29(37)28(36)27(35)23(19-32)39-30/h20,22-23,27-30,32,35-37H,5-19H2,1-4H3/t20-,22-,23+,27+,28-,29+,30+/m0/s1. The molecule has 2 heterocycles. The second-order valence-corrected chi connectivity index (χ2v) is 11.5. The summed E-state index contributed by atoms with van der Waals surface area (Å²) in [5.41, 5.74) is 1.23. The number of allylic oxidation sites excluding steroid dienone is 1. The Kier molecular flexibility index (Phi) is 15.1. The first-order chi connectivity index (χ1) is 18.6. The highest BCUT2D eigenvalue weighted by Gasteiger charge is 2.44. The van der Waals surface area contributed by atoms with Crippen LogP contribution in [0.3, 0.4) is 0 Å². The molecule has 0 aromatic carbocycles. The first kappa shape index (κ1) is 33.8. The van der Waals surface area contributed by atoms with E-state index in [1.807, 2.05) is 32.7 Å². The smallest absolute Gasteiger partial charge is 0.190 e. The van der Waals surface area contributed by atoms with Crippen LogP contribution in [0.25, 0.3) is 0 Å². The molecule has 0 aromatic heterocycles. The van der Waals surface area contributed by atoms with Gasteiger partial charge in [0.15, 0.2) is 17.9 Å². The molecule has 226 valence electrons. The Morgan fingerprint density at radius 1 is 0.897 bits per heavy atom. The van der Waals surface area contributed by atoms with Crippen molar-refractivity contribution in [2.45, 2.75) is 141 Å². The number of likely N-dealkylation sites (N-methyl/N-ethyl adjacent to an activating group) is 1. The van der Waals surface area contributed by atoms with Gasteiger partial charge >= 0.3 is 0 Å². The number of hydrogen-bond donors (Lipinski definition) is 4. The number of aliphatic hydroxyl groups excluding tert-OH is 4. The molecule has 2 aliphatic heterocycles. The lowest BCUT2D eigenvalue weighted by atomic mass is 9.91. The van der Waals surface area contributed by atoms with Crippen LogP contribution in [-0.2, 0) is 19.1 Å². The lowest BCUT2D eigenvalue weighted by Crippen LogP contribution is -2.59. The van der Waals surface area contributed by atoms with Gasteiger partial charge in [0.1, 0.15) is 24.4 Å². The molecule has 1 saturated heterocycles. The van der Waals surface area contributed by atoms with Crippen LogP contribution in [-0.4, -0.2) is 93.9 Å². The molecule has 39 heavy (non-hydrogen) atoms. The van der Waals surface area contributed by atoms with E-state index in [4.69, 9.17) is 9.47 Å². The summed E-state index contributed by atoms with van der Waals surface area (Å²) in [6.07, 6.45) is 8.42. The van der Waals surface area contributed by atoms with Gasteiger partial charge in [0.05, 0.1) is 18.2 Å². The van der Waals surface area contributed by atoms with E-state index in [-0.39, 0.29) is 23.5 Å². The molecule has 9 heteroatoms. The highest BCUT2D eigenvalue weighted by Crippen LogP contribution is 2.28. The molecule has 4 N–H and O–H groups in total. The van der Waals surface area contributed by atoms with Gasteiger partial charge in [-0.25, -0.2) is 0 Å². The number of nitrogens with zero attached hydrogens (tertiary/aromatic N) is 1. The zero-order valence-corrected chi connectivity index (χ0v) is 24.5. The van der Waals surface area contributed by atoms with Crippen LogP contribution >= 0.6 is 0 Å². The van der Waals surface area contributed by atoms with Crippen LogP contribution in [0.1, 0.15) is 104 Å². The van der Waals surface area contributed by atoms with Gasteiger partial charge in [-0.1, -0.05) is 77.6 Å². The van der Waals surface area contributed by atoms with Crippen molar-refractivity contribution in [3.05, 3.63) is 11.3 Å². The highest BCUT2D eigenvalue weighted by atomic mass is 16.7. The predicted molar refractivity (Wildman–Crippen MR) is 149 cm³/mol. The van der Waals surface area contributed by atoms with E-state index in [9.17, 15) is 30.0 Å². The molecule has 7 atom stereocenters. The summed E-state index contributed by atoms with van der Waals surface area (Å²) in [7, 11) is 1.87. The number of aliphatic hydroxyl groups is 4. The van der Waals surface area contributed by atoms with Gasteiger partial charge in [-0.15, -0.1) is 0 Å². The fourth-order valence-corrected chi connectivity index (χ4v) is 5.43. The SMILES string of the molecule is CC1=C(C(=O)[C@@H](C)CCCCCCCCCCCCCCO[C@@H]2O[C@H](CO)[C@@H](O)[C@H](O)[C@H]2O)C(=O)[C@H](C)N1C. The average molecular weight is 556 g/mol. The maximum atomic E-state index is 12.8. The summed E-state index contributed by atoms with van der Waals surface area (Å²) in [4.78, 5) is 27.1. The Morgan fingerprint density at radius 2 is 1.41 bits per heavy atom. The fraction of sp³-hybridized carbons (Fsp3) is 0.867. The Hall–Kier alpha value is -1.36. The maximum absolute atomic E-state index is 12.8. The van der Waals surface area contributed by atoms with Gasteiger partial charge in [0.25, 0.3) is 0 Å². The molecule has 0 unspecified atom stereocenters. The van der Waals surface area contributed by atoms with Gasteiger partial charge in [-0.2, -0.15) is 0 Å². The topological polar surface area (TPSA) is 137 Å². The predicted octanol–water partition coefficient (Wildman–Crippen LogP) is 3.26. The number of unbranched alkanes of at least 4 members (excludes halogenated alkanes) is 11. The van der Waals surface area contributed by atoms with Crippen LogP contribution in [0.2, 0.25) is 0 Å². The summed E-state index contributed by atoms with van der Waals surface area (Å²) in [5, 5.41) is 38.8. The van der Waals surface area contributed by atoms with Crippen LogP contribution < -0.4 is 0 Å². The lowest BCUT2D eigenvalue weighted by molar-refractivity contribution is -0.301. The molecular weight excluding hydrogens is 502 g/mol. The van der Waals surface area contributed by atoms with Crippen molar-refractivity contribution in [1.29, 1.82) is 0 Å². The highest BCUT2D eigenvalue weighted by molar-refractivity contribution is 6.24. The summed E-state index contributed by atoms with van der Waals surface area (Å²) in [6, 6.07) is -0.233. The first-order valence-electron chi connectivity index (χ1n) is 15.1. The van der Waals surface area contributed by atoms with E-state index in [2.05, 4.69) is 0 Å². The van der Waals surface area contributed by atoms with Crippen LogP contribution in [0.5, 0.6) is 0 Å². The fourth-order valence-electron chi connectivity index (χ4n) is 5.43. The van der Waals surface area contributed by atoms with Gasteiger partial charge in [0, 0.05) is 25.3 Å². The van der Waals surface area contributed by atoms with Crippen molar-refractivity contribution < 1.29 is 39.5 Å². The Balaban J connectivity index is 1.40. The summed E-state index contributed by atoms with van der Waals surface area (Å²) in [6.45, 7) is 5.61. The largest absolute Gasteiger partial charge is 0.394 e. The van der Waals surface area contributed by atoms with Crippen molar-refractivity contribution in [3.8, 4) is 0 Å². The normalized spacial score (nSPS) is 28.4. The summed E-state index contributed by atoms with van der Waals surface area (Å²) >= 11 is 0. The molecule has 0 aromatic rings. The quantitative estimate of drug-likeness (QED) is 0.140. The van der Waals surface area contributed by atoms with Crippen molar-refractivity contribution in [1.82, 2.24) is 4.90 Å². The van der Waals surface area contributed by atoms with E-state index in [0.29, 0.717) is 12.2 Å². The molecule has 9 nitrogen and oxygen atoms in total. The number of ketones is 2. The zero-order valence-electron chi connectivity index (χ0n) is 24.5. The lowest BCUT2D eigenvalue weighted by Gasteiger charge is -2.39. The van der Waals surface area contributed by atoms with Crippen LogP contribution in [0.15, 0.2) is 11.3 Å². The molecule has 0 spiro atoms. The molecule has 0 amide bonds. The van der Waals surface area contributed by atoms with Crippen molar-refractivity contribution in [3.63, 3.8) is 0 Å². The monoisotopic (exact) mass is 555 g/mol. The Bertz CT molecular complexity index is 785. The molecule has 0 radical (unpaired) electrons. The Morgan fingerprint density at radius 3 is 1.90 bits per heavy atom. The third-order valence-corrected chi connectivity index (χ3v) is 8.45. The third kappa shape index (κ3) is 9.90. The van der Waals surface area contributed by atoms with Gasteiger partial charge in [0.2, 0.25) is 0 Å². The molecule has 0 aliphatic carbocycles. The molecular formula is C30H53NO8. The maximum Gasteiger partial charge on any atom is 0.190 e. The number of ether oxygens (including phenoxy) is 2. The molecule has 1 fully saturated rings. The number of rotatable bonds is 19. The minimum Gasteiger partial charge on any atom is -0.394 e. The van der Waals surface area contributed by atoms with Crippen LogP contribution in [0, 0.1) is 5.92 Å². The van der Waals surface area contributed by atoms with Crippen LogP contribution in [0.4, 0.5) is 0 Å². The molecule has 0 bridgehead atoms. The average Bonchev–Trinajstić information content (AvgIpc) is 3.12. The number of Topliss-reactive ketones (excluding diaryl/α,β-unsaturated/α-hetero) is 2. The molecule has 2 aliphatic rings. The summed E-state index contributed by atoms with van der Waals surface area (Å²) in [5.74, 6) is -0.125. The molecule has 0 saturated carbocycles. The van der Waals surface area contributed by atoms with E-state index in [1.165, 1.54) is 44.9 Å². The van der Waals surface area contributed by atoms with Gasteiger partial charge in [-0.05, 0) is 26.7 Å². The van der Waals surface area contributed by atoms with Crippen molar-refractivity contribution in [2.75, 3.05) is 20.3 Å². The minimum atomic E-state index is -1.40. The Labute approximate surface area is 234 Å². The van der Waals surface area contributed by atoms with Gasteiger partial charge in [-0.3, -0.25) is 9.59 Å². The summed E-state index contributed by atoms with van der Waals surface area (Å²) < 4.78 is 10.9. The van der Waals surface area contributed by atoms with E-state index in [0.717, 1.165) is 44.2 Å². The van der Waals surface area contributed by atoms with E-state index < -0.39 is 37.3 Å². The minimum absolute atomic E-state index is 0.00929.